The highest BCUT2D eigenvalue weighted by Gasteiger charge is 2.27. The lowest BCUT2D eigenvalue weighted by molar-refractivity contribution is 0.102. The molecule has 1 aromatic carbocycles. The molecule has 1 saturated heterocycles. The molecule has 0 aromatic heterocycles. The van der Waals surface area contributed by atoms with E-state index >= 15 is 0 Å². The normalized spacial score (nSPS) is 18.6. The minimum Gasteiger partial charge on any atom is -0.462 e. The molecule has 0 saturated carbocycles. The molecule has 0 spiro atoms. The number of hydrogen-bond donors (Lipinski definition) is 0. The molecule has 0 N–H and O–H groups in total. The first-order valence-corrected chi connectivity index (χ1v) is 9.35. The Hall–Kier alpha value is -1.48. The third-order valence-corrected chi connectivity index (χ3v) is 6.25. The van der Waals surface area contributed by atoms with Crippen molar-refractivity contribution < 1.29 is 9.53 Å². The summed E-state index contributed by atoms with van der Waals surface area (Å²) in [6.07, 6.45) is 10.7. The summed E-state index contributed by atoms with van der Waals surface area (Å²) in [4.78, 5) is 12.2. The van der Waals surface area contributed by atoms with Gasteiger partial charge in [-0.05, 0) is 60.5 Å². The van der Waals surface area contributed by atoms with Crippen LogP contribution in [0, 0.1) is 0 Å². The fourth-order valence-electron chi connectivity index (χ4n) is 2.65. The first-order valence-electron chi connectivity index (χ1n) is 7.62. The number of ether oxygens (including phenoxy) is 1. The van der Waals surface area contributed by atoms with Crippen molar-refractivity contribution in [2.24, 2.45) is 0 Å². The number of ketones is 1. The molecule has 0 bridgehead atoms. The molecule has 110 valence electrons. The summed E-state index contributed by atoms with van der Waals surface area (Å²) in [6.45, 7) is 0. The van der Waals surface area contributed by atoms with Gasteiger partial charge in [0.2, 0.25) is 5.78 Å². The lowest BCUT2D eigenvalue weighted by Crippen LogP contribution is -2.17. The molecule has 1 aromatic rings. The van der Waals surface area contributed by atoms with Gasteiger partial charge in [0.25, 0.3) is 0 Å². The molecule has 0 unspecified atom stereocenters. The van der Waals surface area contributed by atoms with Crippen LogP contribution >= 0.6 is 0 Å². The molecule has 21 heavy (non-hydrogen) atoms. The van der Waals surface area contributed by atoms with Gasteiger partial charge < -0.3 is 4.74 Å². The van der Waals surface area contributed by atoms with Gasteiger partial charge in [-0.1, -0.05) is 12.2 Å². The Morgan fingerprint density at radius 2 is 1.90 bits per heavy atom. The molecule has 0 atom stereocenters. The Morgan fingerprint density at radius 3 is 2.57 bits per heavy atom. The Balaban J connectivity index is 1.59. The van der Waals surface area contributed by atoms with E-state index in [9.17, 15) is 4.79 Å². The molecule has 1 heterocycles. The van der Waals surface area contributed by atoms with Crippen LogP contribution in [0.1, 0.15) is 36.0 Å². The highest BCUT2D eigenvalue weighted by molar-refractivity contribution is 7.97. The minimum atomic E-state index is 0.284. The largest absolute Gasteiger partial charge is 0.462 e. The van der Waals surface area contributed by atoms with E-state index in [1.165, 1.54) is 24.3 Å². The maximum atomic E-state index is 12.2. The number of carbonyl (C=O) groups excluding carboxylic acids is 1. The number of carbonyl (C=O) groups is 1. The molecule has 1 fully saturated rings. The van der Waals surface area contributed by atoms with Gasteiger partial charge in [0.15, 0.2) is 5.75 Å². The first kappa shape index (κ1) is 14.5. The second-order valence-electron chi connectivity index (χ2n) is 5.52. The predicted octanol–water partition coefficient (Wildman–Crippen LogP) is 3.89. The van der Waals surface area contributed by atoms with Crippen molar-refractivity contribution in [2.75, 3.05) is 17.3 Å². The topological polar surface area (TPSA) is 26.3 Å². The van der Waals surface area contributed by atoms with Crippen molar-refractivity contribution in [3.05, 3.63) is 53.8 Å². The van der Waals surface area contributed by atoms with Crippen LogP contribution in [-0.4, -0.2) is 23.0 Å². The molecule has 1 aliphatic heterocycles. The molecular weight excluding hydrogens is 280 g/mol. The van der Waals surface area contributed by atoms with E-state index in [1.807, 2.05) is 36.4 Å². The molecule has 1 aliphatic carbocycles. The highest BCUT2D eigenvalue weighted by Crippen LogP contribution is 2.21. The van der Waals surface area contributed by atoms with E-state index in [2.05, 4.69) is 6.08 Å². The smallest absolute Gasteiger partial charge is 0.211 e. The van der Waals surface area contributed by atoms with Crippen LogP contribution in [0.5, 0.6) is 5.75 Å². The van der Waals surface area contributed by atoms with Gasteiger partial charge in [-0.3, -0.25) is 4.79 Å². The summed E-state index contributed by atoms with van der Waals surface area (Å²) in [6, 6.07) is 7.61. The van der Waals surface area contributed by atoms with Crippen LogP contribution in [0.2, 0.25) is 0 Å². The number of Topliss-reactive ketones (excluding diaryl/α,β-unsaturated/α-hetero) is 1. The molecular formula is C18H21O2S+. The average Bonchev–Trinajstić information content (AvgIpc) is 3.02. The lowest BCUT2D eigenvalue weighted by Gasteiger charge is -2.11. The van der Waals surface area contributed by atoms with Crippen LogP contribution < -0.4 is 4.74 Å². The van der Waals surface area contributed by atoms with Crippen molar-refractivity contribution in [3.63, 3.8) is 0 Å². The van der Waals surface area contributed by atoms with Gasteiger partial charge in [-0.15, -0.1) is 0 Å². The Labute approximate surface area is 129 Å². The van der Waals surface area contributed by atoms with Crippen molar-refractivity contribution in [3.8, 4) is 5.75 Å². The molecule has 3 rings (SSSR count). The fourth-order valence-corrected chi connectivity index (χ4v) is 4.91. The maximum Gasteiger partial charge on any atom is 0.211 e. The summed E-state index contributed by atoms with van der Waals surface area (Å²) in [5.74, 6) is 5.31. The summed E-state index contributed by atoms with van der Waals surface area (Å²) in [5.41, 5.74) is 0.819. The molecule has 0 radical (unpaired) electrons. The van der Waals surface area contributed by atoms with Crippen LogP contribution in [0.25, 0.3) is 0 Å². The molecule has 0 amide bonds. The van der Waals surface area contributed by atoms with E-state index in [0.29, 0.717) is 10.9 Å². The average molecular weight is 301 g/mol. The van der Waals surface area contributed by atoms with Crippen LogP contribution in [-0.2, 0) is 10.9 Å². The monoisotopic (exact) mass is 301 g/mol. The van der Waals surface area contributed by atoms with E-state index in [-0.39, 0.29) is 5.78 Å². The Kier molecular flexibility index (Phi) is 4.81. The summed E-state index contributed by atoms with van der Waals surface area (Å²) >= 11 is 0. The quantitative estimate of drug-likeness (QED) is 0.609. The van der Waals surface area contributed by atoms with Crippen molar-refractivity contribution >= 4 is 16.7 Å². The second kappa shape index (κ2) is 6.99. The second-order valence-corrected chi connectivity index (χ2v) is 7.85. The predicted molar refractivity (Wildman–Crippen MR) is 89.1 cm³/mol. The van der Waals surface area contributed by atoms with E-state index in [4.69, 9.17) is 4.74 Å². The van der Waals surface area contributed by atoms with Gasteiger partial charge in [-0.2, -0.15) is 0 Å². The zero-order valence-electron chi connectivity index (χ0n) is 12.2. The van der Waals surface area contributed by atoms with Crippen LogP contribution in [0.15, 0.2) is 48.3 Å². The molecule has 3 heteroatoms. The van der Waals surface area contributed by atoms with E-state index < -0.39 is 0 Å². The van der Waals surface area contributed by atoms with Gasteiger partial charge in [-0.25, -0.2) is 0 Å². The zero-order valence-corrected chi connectivity index (χ0v) is 13.0. The fraction of sp³-hybridized carbons (Fsp3) is 0.389. The Morgan fingerprint density at radius 1 is 1.14 bits per heavy atom. The van der Waals surface area contributed by atoms with Crippen molar-refractivity contribution in [2.45, 2.75) is 25.7 Å². The number of allylic oxidation sites excluding steroid dienone is 4. The lowest BCUT2D eigenvalue weighted by atomic mass is 10.1. The van der Waals surface area contributed by atoms with Crippen LogP contribution in [0.4, 0.5) is 0 Å². The molecule has 2 nitrogen and oxygen atoms in total. The third-order valence-electron chi connectivity index (χ3n) is 3.85. The van der Waals surface area contributed by atoms with Gasteiger partial charge in [0, 0.05) is 12.0 Å². The number of benzene rings is 1. The van der Waals surface area contributed by atoms with Crippen LogP contribution in [0.3, 0.4) is 0 Å². The van der Waals surface area contributed by atoms with Gasteiger partial charge >= 0.3 is 0 Å². The Bertz CT molecular complexity index is 551. The summed E-state index contributed by atoms with van der Waals surface area (Å²) < 4.78 is 5.82. The van der Waals surface area contributed by atoms with Gasteiger partial charge in [0.05, 0.1) is 0 Å². The third kappa shape index (κ3) is 4.01. The summed E-state index contributed by atoms with van der Waals surface area (Å²) in [5, 5.41) is 0. The van der Waals surface area contributed by atoms with E-state index in [1.54, 1.807) is 0 Å². The highest BCUT2D eigenvalue weighted by atomic mass is 32.2. The van der Waals surface area contributed by atoms with Crippen molar-refractivity contribution in [1.82, 2.24) is 0 Å². The van der Waals surface area contributed by atoms with Crippen molar-refractivity contribution in [1.29, 1.82) is 0 Å². The summed E-state index contributed by atoms with van der Waals surface area (Å²) in [7, 11) is 0.334. The van der Waals surface area contributed by atoms with Gasteiger partial charge in [0.1, 0.15) is 23.0 Å². The SMILES string of the molecule is O=C(C[S+]1CCCC1)c1ccc(OC2=CC=CCC2)cc1. The maximum absolute atomic E-state index is 12.2. The minimum absolute atomic E-state index is 0.284. The first-order chi connectivity index (χ1) is 10.3. The number of rotatable bonds is 5. The number of hydrogen-bond acceptors (Lipinski definition) is 2. The molecule has 2 aliphatic rings. The van der Waals surface area contributed by atoms with E-state index in [0.717, 1.165) is 35.7 Å². The standard InChI is InChI=1S/C18H21O2S/c19-18(14-21-12-4-5-13-21)15-8-10-17(11-9-15)20-16-6-2-1-3-7-16/h1-2,6,8-11H,3-5,7,12-14H2/q+1. The zero-order chi connectivity index (χ0) is 14.5.